The third kappa shape index (κ3) is 3.21. The summed E-state index contributed by atoms with van der Waals surface area (Å²) in [7, 11) is 0. The van der Waals surface area contributed by atoms with Crippen LogP contribution in [0.15, 0.2) is 36.4 Å². The van der Waals surface area contributed by atoms with Crippen LogP contribution < -0.4 is 16.0 Å². The zero-order valence-electron chi connectivity index (χ0n) is 15.9. The minimum Gasteiger partial charge on any atom is -0.364 e. The van der Waals surface area contributed by atoms with Crippen molar-refractivity contribution in [2.75, 3.05) is 10.2 Å². The first-order valence-corrected chi connectivity index (χ1v) is 9.49. The standard InChI is InChI=1S/C21H23FN4O2/c1-11-19(25-18-5-3-4-16(24-18)21(23)28)15-10-14(22)8-9-17(15)26(12(2)27)20(11)13-6-7-13/h3-5,8-11,13,19-20H,6-7H2,1-2H3,(H2,23,28)(H,24,25)/t11-,19-,20+/m1/s1. The van der Waals surface area contributed by atoms with Crippen molar-refractivity contribution in [3.05, 3.63) is 53.5 Å². The summed E-state index contributed by atoms with van der Waals surface area (Å²) >= 11 is 0. The zero-order chi connectivity index (χ0) is 20.0. The Morgan fingerprint density at radius 1 is 1.25 bits per heavy atom. The number of carbonyl (C=O) groups is 2. The van der Waals surface area contributed by atoms with Crippen LogP contribution in [0.2, 0.25) is 0 Å². The Balaban J connectivity index is 1.78. The summed E-state index contributed by atoms with van der Waals surface area (Å²) in [6.45, 7) is 3.63. The highest BCUT2D eigenvalue weighted by Gasteiger charge is 2.47. The predicted octanol–water partition coefficient (Wildman–Crippen LogP) is 3.25. The highest BCUT2D eigenvalue weighted by Crippen LogP contribution is 2.50. The summed E-state index contributed by atoms with van der Waals surface area (Å²) in [4.78, 5) is 30.0. The Kier molecular flexibility index (Phi) is 4.53. The predicted molar refractivity (Wildman–Crippen MR) is 104 cm³/mol. The molecule has 146 valence electrons. The molecule has 7 heteroatoms. The first-order valence-electron chi connectivity index (χ1n) is 9.49. The van der Waals surface area contributed by atoms with Crippen LogP contribution in [-0.4, -0.2) is 22.8 Å². The van der Waals surface area contributed by atoms with E-state index in [1.54, 1.807) is 31.2 Å². The van der Waals surface area contributed by atoms with E-state index in [9.17, 15) is 14.0 Å². The van der Waals surface area contributed by atoms with Crippen molar-refractivity contribution in [3.8, 4) is 0 Å². The molecule has 0 unspecified atom stereocenters. The molecule has 3 N–H and O–H groups in total. The van der Waals surface area contributed by atoms with Crippen molar-refractivity contribution < 1.29 is 14.0 Å². The number of fused-ring (bicyclic) bond motifs is 1. The van der Waals surface area contributed by atoms with Crippen molar-refractivity contribution in [1.82, 2.24) is 4.98 Å². The number of rotatable bonds is 4. The smallest absolute Gasteiger partial charge is 0.267 e. The number of carbonyl (C=O) groups excluding carboxylic acids is 2. The largest absolute Gasteiger partial charge is 0.364 e. The molecule has 6 nitrogen and oxygen atoms in total. The van der Waals surface area contributed by atoms with Gasteiger partial charge in [0.2, 0.25) is 5.91 Å². The molecule has 1 aromatic carbocycles. The van der Waals surface area contributed by atoms with Crippen molar-refractivity contribution >= 4 is 23.3 Å². The Labute approximate surface area is 162 Å². The highest BCUT2D eigenvalue weighted by molar-refractivity contribution is 5.94. The van der Waals surface area contributed by atoms with E-state index in [2.05, 4.69) is 17.2 Å². The van der Waals surface area contributed by atoms with Crippen molar-refractivity contribution in [3.63, 3.8) is 0 Å². The van der Waals surface area contributed by atoms with Gasteiger partial charge in [0.1, 0.15) is 17.3 Å². The van der Waals surface area contributed by atoms with Crippen LogP contribution in [0.1, 0.15) is 48.8 Å². The van der Waals surface area contributed by atoms with E-state index >= 15 is 0 Å². The summed E-state index contributed by atoms with van der Waals surface area (Å²) in [5.74, 6) is -0.0375. The summed E-state index contributed by atoms with van der Waals surface area (Å²) in [5.41, 5.74) is 6.94. The van der Waals surface area contributed by atoms with Crippen LogP contribution in [0.5, 0.6) is 0 Å². The Morgan fingerprint density at radius 3 is 2.64 bits per heavy atom. The van der Waals surface area contributed by atoms with Gasteiger partial charge in [-0.15, -0.1) is 0 Å². The third-order valence-electron chi connectivity index (χ3n) is 5.70. The molecule has 1 saturated carbocycles. The Hall–Kier alpha value is -2.96. The van der Waals surface area contributed by atoms with Crippen molar-refractivity contribution in [2.24, 2.45) is 17.6 Å². The molecule has 4 rings (SSSR count). The maximum Gasteiger partial charge on any atom is 0.267 e. The molecule has 0 radical (unpaired) electrons. The van der Waals surface area contributed by atoms with E-state index in [1.165, 1.54) is 12.1 Å². The maximum atomic E-state index is 14.1. The van der Waals surface area contributed by atoms with E-state index in [1.807, 2.05) is 4.90 Å². The highest BCUT2D eigenvalue weighted by atomic mass is 19.1. The molecule has 1 aliphatic heterocycles. The van der Waals surface area contributed by atoms with E-state index in [0.717, 1.165) is 18.5 Å². The van der Waals surface area contributed by atoms with Gasteiger partial charge in [-0.25, -0.2) is 9.37 Å². The number of nitrogens with two attached hydrogens (primary N) is 1. The number of hydrogen-bond donors (Lipinski definition) is 2. The summed E-state index contributed by atoms with van der Waals surface area (Å²) in [6.07, 6.45) is 2.16. The van der Waals surface area contributed by atoms with Gasteiger partial charge in [-0.3, -0.25) is 9.59 Å². The topological polar surface area (TPSA) is 88.3 Å². The van der Waals surface area contributed by atoms with Crippen molar-refractivity contribution in [2.45, 2.75) is 38.8 Å². The molecule has 1 aromatic heterocycles. The molecule has 2 heterocycles. The van der Waals surface area contributed by atoms with Gasteiger partial charge < -0.3 is 16.0 Å². The average Bonchev–Trinajstić information content (AvgIpc) is 3.48. The van der Waals surface area contributed by atoms with E-state index < -0.39 is 5.91 Å². The maximum absolute atomic E-state index is 14.1. The third-order valence-corrected chi connectivity index (χ3v) is 5.70. The van der Waals surface area contributed by atoms with Gasteiger partial charge >= 0.3 is 0 Å². The molecule has 0 bridgehead atoms. The van der Waals surface area contributed by atoms with E-state index in [4.69, 9.17) is 5.73 Å². The molecule has 1 aliphatic carbocycles. The lowest BCUT2D eigenvalue weighted by Gasteiger charge is -2.45. The second-order valence-electron chi connectivity index (χ2n) is 7.67. The van der Waals surface area contributed by atoms with Gasteiger partial charge in [0.25, 0.3) is 5.91 Å². The summed E-state index contributed by atoms with van der Waals surface area (Å²) < 4.78 is 14.1. The molecule has 3 atom stereocenters. The number of nitrogens with zero attached hydrogens (tertiary/aromatic N) is 2. The fraction of sp³-hybridized carbons (Fsp3) is 0.381. The minimum atomic E-state index is -0.606. The Bertz CT molecular complexity index is 944. The van der Waals surface area contributed by atoms with Crippen LogP contribution in [0, 0.1) is 17.7 Å². The van der Waals surface area contributed by atoms with E-state index in [0.29, 0.717) is 17.3 Å². The van der Waals surface area contributed by atoms with E-state index in [-0.39, 0.29) is 35.4 Å². The fourth-order valence-corrected chi connectivity index (χ4v) is 4.35. The molecule has 0 spiro atoms. The minimum absolute atomic E-state index is 0.0322. The van der Waals surface area contributed by atoms with Crippen molar-refractivity contribution in [1.29, 1.82) is 0 Å². The lowest BCUT2D eigenvalue weighted by molar-refractivity contribution is -0.117. The normalized spacial score (nSPS) is 23.8. The quantitative estimate of drug-likeness (QED) is 0.850. The SMILES string of the molecule is CC(=O)N1c2ccc(F)cc2[C@H](Nc2cccc(C(N)=O)n2)[C@@H](C)[C@H]1C1CC1. The van der Waals surface area contributed by atoms with Crippen LogP contribution in [0.4, 0.5) is 15.9 Å². The monoisotopic (exact) mass is 382 g/mol. The van der Waals surface area contributed by atoms with Gasteiger partial charge in [-0.1, -0.05) is 13.0 Å². The number of primary amides is 1. The first-order chi connectivity index (χ1) is 13.4. The molecule has 2 aliphatic rings. The lowest BCUT2D eigenvalue weighted by Crippen LogP contribution is -2.51. The second-order valence-corrected chi connectivity index (χ2v) is 7.67. The van der Waals surface area contributed by atoms with Crippen LogP contribution in [0.3, 0.4) is 0 Å². The first kappa shape index (κ1) is 18.4. The number of anilines is 2. The number of amides is 2. The van der Waals surface area contributed by atoms with Crippen LogP contribution >= 0.6 is 0 Å². The molecular formula is C21H23FN4O2. The van der Waals surface area contributed by atoms with Crippen LogP contribution in [0.25, 0.3) is 0 Å². The number of halogens is 1. The summed E-state index contributed by atoms with van der Waals surface area (Å²) in [5, 5.41) is 3.36. The van der Waals surface area contributed by atoms with Gasteiger partial charge in [-0.2, -0.15) is 0 Å². The lowest BCUT2D eigenvalue weighted by atomic mass is 9.80. The number of pyridine rings is 1. The molecule has 1 fully saturated rings. The molecule has 0 saturated heterocycles. The number of aromatic nitrogens is 1. The number of nitrogens with one attached hydrogen (secondary N) is 1. The number of benzene rings is 1. The zero-order valence-corrected chi connectivity index (χ0v) is 15.9. The number of hydrogen-bond acceptors (Lipinski definition) is 4. The van der Waals surface area contributed by atoms with Gasteiger partial charge in [0, 0.05) is 30.1 Å². The average molecular weight is 382 g/mol. The van der Waals surface area contributed by atoms with Crippen LogP contribution in [-0.2, 0) is 4.79 Å². The molecule has 2 aromatic rings. The van der Waals surface area contributed by atoms with Gasteiger partial charge in [-0.05, 0) is 49.1 Å². The summed E-state index contributed by atoms with van der Waals surface area (Å²) in [6, 6.07) is 9.33. The Morgan fingerprint density at radius 2 is 2.00 bits per heavy atom. The fourth-order valence-electron chi connectivity index (χ4n) is 4.35. The molecular weight excluding hydrogens is 359 g/mol. The molecule has 28 heavy (non-hydrogen) atoms. The second kappa shape index (κ2) is 6.89. The van der Waals surface area contributed by atoms with Gasteiger partial charge in [0.05, 0.1) is 6.04 Å². The molecule has 2 amide bonds. The van der Waals surface area contributed by atoms with Gasteiger partial charge in [0.15, 0.2) is 0 Å².